The van der Waals surface area contributed by atoms with E-state index in [4.69, 9.17) is 9.47 Å². The minimum Gasteiger partial charge on any atom is -0.504 e. The molecule has 0 aromatic heterocycles. The summed E-state index contributed by atoms with van der Waals surface area (Å²) < 4.78 is 10.7. The summed E-state index contributed by atoms with van der Waals surface area (Å²) in [7, 11) is 3.07. The van der Waals surface area contributed by atoms with Crippen molar-refractivity contribution in [1.82, 2.24) is 4.90 Å². The number of aliphatic hydroxyl groups is 1. The summed E-state index contributed by atoms with van der Waals surface area (Å²) >= 11 is 0. The van der Waals surface area contributed by atoms with Gasteiger partial charge in [-0.2, -0.15) is 0 Å². The zero-order chi connectivity index (χ0) is 21.3. The maximum Gasteiger partial charge on any atom is 0.258 e. The van der Waals surface area contributed by atoms with Crippen LogP contribution in [0.4, 0.5) is 0 Å². The Morgan fingerprint density at radius 1 is 1.07 bits per heavy atom. The maximum atomic E-state index is 13.6. The van der Waals surface area contributed by atoms with Crippen LogP contribution in [-0.2, 0) is 0 Å². The molecule has 0 spiro atoms. The smallest absolute Gasteiger partial charge is 0.258 e. The van der Waals surface area contributed by atoms with Crippen LogP contribution in [0.25, 0.3) is 0 Å². The number of aromatic hydroxyl groups is 1. The van der Waals surface area contributed by atoms with Gasteiger partial charge >= 0.3 is 0 Å². The van der Waals surface area contributed by atoms with Gasteiger partial charge in [-0.05, 0) is 49.1 Å². The molecule has 1 heterocycles. The number of hydrogen-bond acceptors (Lipinski definition) is 5. The van der Waals surface area contributed by atoms with Crippen molar-refractivity contribution in [2.75, 3.05) is 20.8 Å². The van der Waals surface area contributed by atoms with Gasteiger partial charge in [0.25, 0.3) is 5.91 Å². The molecule has 30 heavy (non-hydrogen) atoms. The number of phenols is 1. The lowest BCUT2D eigenvalue weighted by Crippen LogP contribution is -2.56. The molecule has 160 valence electrons. The third-order valence-corrected chi connectivity index (χ3v) is 6.71. The Labute approximate surface area is 177 Å². The molecule has 1 aliphatic heterocycles. The second-order valence-corrected chi connectivity index (χ2v) is 8.28. The van der Waals surface area contributed by atoms with Gasteiger partial charge in [0.05, 0.1) is 31.4 Å². The van der Waals surface area contributed by atoms with Gasteiger partial charge in [-0.25, -0.2) is 0 Å². The maximum absolute atomic E-state index is 13.6. The number of fused-ring (bicyclic) bond motifs is 1. The summed E-state index contributed by atoms with van der Waals surface area (Å²) in [6, 6.07) is 12.1. The third kappa shape index (κ3) is 3.49. The zero-order valence-electron chi connectivity index (χ0n) is 17.5. The van der Waals surface area contributed by atoms with Crippen LogP contribution in [0.2, 0.25) is 0 Å². The number of amides is 1. The van der Waals surface area contributed by atoms with Gasteiger partial charge in [0.2, 0.25) is 0 Å². The van der Waals surface area contributed by atoms with E-state index < -0.39 is 5.60 Å². The van der Waals surface area contributed by atoms with Crippen LogP contribution in [0.15, 0.2) is 42.5 Å². The highest BCUT2D eigenvalue weighted by atomic mass is 16.5. The lowest BCUT2D eigenvalue weighted by Gasteiger charge is -2.52. The molecule has 2 N–H and O–H groups in total. The van der Waals surface area contributed by atoms with E-state index in [1.165, 1.54) is 7.11 Å². The number of likely N-dealkylation sites (tertiary alicyclic amines) is 1. The van der Waals surface area contributed by atoms with Crippen LogP contribution in [0.1, 0.15) is 54.1 Å². The van der Waals surface area contributed by atoms with Gasteiger partial charge in [0.1, 0.15) is 5.75 Å². The number of methoxy groups -OCH3 is 2. The van der Waals surface area contributed by atoms with Crippen LogP contribution in [0, 0.1) is 5.92 Å². The van der Waals surface area contributed by atoms with Crippen LogP contribution >= 0.6 is 0 Å². The Hall–Kier alpha value is -2.73. The van der Waals surface area contributed by atoms with Gasteiger partial charge in [-0.1, -0.05) is 31.0 Å². The molecule has 6 nitrogen and oxygen atoms in total. The second kappa shape index (κ2) is 8.19. The van der Waals surface area contributed by atoms with Crippen molar-refractivity contribution in [1.29, 1.82) is 0 Å². The van der Waals surface area contributed by atoms with Crippen molar-refractivity contribution in [3.8, 4) is 17.2 Å². The molecule has 4 rings (SSSR count). The van der Waals surface area contributed by atoms with Crippen molar-refractivity contribution >= 4 is 5.91 Å². The van der Waals surface area contributed by atoms with Gasteiger partial charge in [0.15, 0.2) is 11.5 Å². The molecule has 0 bridgehead atoms. The summed E-state index contributed by atoms with van der Waals surface area (Å²) in [6.07, 6.45) is 4.18. The van der Waals surface area contributed by atoms with Crippen molar-refractivity contribution in [3.05, 3.63) is 53.6 Å². The fourth-order valence-electron chi connectivity index (χ4n) is 5.18. The summed E-state index contributed by atoms with van der Waals surface area (Å²) in [4.78, 5) is 15.5. The predicted molar refractivity (Wildman–Crippen MR) is 113 cm³/mol. The topological polar surface area (TPSA) is 79.2 Å². The first kappa shape index (κ1) is 20.5. The Morgan fingerprint density at radius 3 is 2.60 bits per heavy atom. The van der Waals surface area contributed by atoms with Gasteiger partial charge in [-0.15, -0.1) is 0 Å². The molecule has 3 atom stereocenters. The molecule has 6 heteroatoms. The number of rotatable bonds is 4. The standard InChI is InChI=1S/C24H29NO5/c1-29-20-9-4-3-7-17(20)23(27)25-14-13-24(28)12-6-5-8-18(24)22(25)16-10-11-19(26)21(15-16)30-2/h3-4,7,9-11,15,18,22,26,28H,5-6,8,12-14H2,1-2H3/t18-,22-,24+/m1/s1. The Bertz CT molecular complexity index is 930. The average Bonchev–Trinajstić information content (AvgIpc) is 2.78. The summed E-state index contributed by atoms with van der Waals surface area (Å²) in [5.41, 5.74) is 0.584. The first-order valence-corrected chi connectivity index (χ1v) is 10.5. The lowest BCUT2D eigenvalue weighted by atomic mass is 9.66. The van der Waals surface area contributed by atoms with Crippen LogP contribution in [0.3, 0.4) is 0 Å². The summed E-state index contributed by atoms with van der Waals surface area (Å²) in [5, 5.41) is 21.5. The van der Waals surface area contributed by atoms with E-state index in [0.29, 0.717) is 30.0 Å². The fourth-order valence-corrected chi connectivity index (χ4v) is 5.18. The highest BCUT2D eigenvalue weighted by Gasteiger charge is 2.50. The van der Waals surface area contributed by atoms with Gasteiger partial charge in [0, 0.05) is 12.5 Å². The van der Waals surface area contributed by atoms with E-state index in [1.54, 1.807) is 31.4 Å². The minimum atomic E-state index is -0.786. The van der Waals surface area contributed by atoms with Gasteiger partial charge in [-0.3, -0.25) is 4.79 Å². The van der Waals surface area contributed by atoms with Crippen molar-refractivity contribution < 1.29 is 24.5 Å². The highest BCUT2D eigenvalue weighted by Crippen LogP contribution is 2.50. The molecule has 0 radical (unpaired) electrons. The number of ether oxygens (including phenoxy) is 2. The van der Waals surface area contributed by atoms with Gasteiger partial charge < -0.3 is 24.6 Å². The molecule has 2 aromatic carbocycles. The monoisotopic (exact) mass is 411 g/mol. The molecule has 1 aliphatic carbocycles. The predicted octanol–water partition coefficient (Wildman–Crippen LogP) is 3.92. The molecule has 2 aromatic rings. The van der Waals surface area contributed by atoms with Crippen LogP contribution in [-0.4, -0.2) is 47.4 Å². The van der Waals surface area contributed by atoms with Crippen LogP contribution < -0.4 is 9.47 Å². The summed E-state index contributed by atoms with van der Waals surface area (Å²) in [6.45, 7) is 0.456. The van der Waals surface area contributed by atoms with E-state index in [1.807, 2.05) is 23.1 Å². The number of nitrogens with zero attached hydrogens (tertiary/aromatic N) is 1. The quantitative estimate of drug-likeness (QED) is 0.797. The van der Waals surface area contributed by atoms with E-state index >= 15 is 0 Å². The highest BCUT2D eigenvalue weighted by molar-refractivity contribution is 5.97. The molecule has 1 amide bonds. The lowest BCUT2D eigenvalue weighted by molar-refractivity contribution is -0.115. The molecule has 2 aliphatic rings. The Balaban J connectivity index is 1.79. The molecule has 1 saturated heterocycles. The van der Waals surface area contributed by atoms with Crippen LogP contribution in [0.5, 0.6) is 17.2 Å². The number of hydrogen-bond donors (Lipinski definition) is 2. The number of phenolic OH excluding ortho intramolecular Hbond substituents is 1. The second-order valence-electron chi connectivity index (χ2n) is 8.28. The van der Waals surface area contributed by atoms with E-state index in [9.17, 15) is 15.0 Å². The average molecular weight is 411 g/mol. The van der Waals surface area contributed by atoms with Crippen molar-refractivity contribution in [2.24, 2.45) is 5.92 Å². The number of carbonyl (C=O) groups is 1. The largest absolute Gasteiger partial charge is 0.504 e. The number of benzene rings is 2. The number of carbonyl (C=O) groups excluding carboxylic acids is 1. The molecule has 1 saturated carbocycles. The Morgan fingerprint density at radius 2 is 1.83 bits per heavy atom. The van der Waals surface area contributed by atoms with E-state index in [0.717, 1.165) is 31.2 Å². The number of piperidine rings is 1. The Kier molecular flexibility index (Phi) is 5.60. The first-order valence-electron chi connectivity index (χ1n) is 10.5. The molecule has 0 unspecified atom stereocenters. The van der Waals surface area contributed by atoms with Crippen molar-refractivity contribution in [3.63, 3.8) is 0 Å². The van der Waals surface area contributed by atoms with E-state index in [-0.39, 0.29) is 23.6 Å². The minimum absolute atomic E-state index is 0.0542. The fraction of sp³-hybridized carbons (Fsp3) is 0.458. The normalized spacial score (nSPS) is 26.0. The first-order chi connectivity index (χ1) is 14.5. The molecule has 2 fully saturated rings. The number of para-hydroxylation sites is 1. The summed E-state index contributed by atoms with van der Waals surface area (Å²) in [5.74, 6) is 0.764. The molecular weight excluding hydrogens is 382 g/mol. The zero-order valence-corrected chi connectivity index (χ0v) is 17.5. The van der Waals surface area contributed by atoms with Crippen molar-refractivity contribution in [2.45, 2.75) is 43.7 Å². The SMILES string of the molecule is COc1cc([C@@H]2[C@H]3CCCC[C@]3(O)CCN2C(=O)c2ccccc2OC)ccc1O. The third-order valence-electron chi connectivity index (χ3n) is 6.71. The van der Waals surface area contributed by atoms with E-state index in [2.05, 4.69) is 0 Å². The molecular formula is C24H29NO5.